The summed E-state index contributed by atoms with van der Waals surface area (Å²) in [5.41, 5.74) is 1.05. The van der Waals surface area contributed by atoms with Gasteiger partial charge in [0.2, 0.25) is 5.91 Å². The second-order valence-corrected chi connectivity index (χ2v) is 8.22. The first-order chi connectivity index (χ1) is 13.8. The zero-order valence-corrected chi connectivity index (χ0v) is 16.7. The maximum Gasteiger partial charge on any atom is 0.325 e. The van der Waals surface area contributed by atoms with E-state index in [1.54, 1.807) is 20.0 Å². The van der Waals surface area contributed by atoms with E-state index in [0.29, 0.717) is 19.0 Å². The minimum Gasteiger partial charge on any atom is -0.343 e. The summed E-state index contributed by atoms with van der Waals surface area (Å²) in [6, 6.07) is 5.50. The van der Waals surface area contributed by atoms with Gasteiger partial charge in [0, 0.05) is 55.4 Å². The summed E-state index contributed by atoms with van der Waals surface area (Å²) in [7, 11) is 0. The SMILES string of the molecule is CC1(C)NC(=O)N(CCC(=O)N2CCC(c3cc4ncccc4cn3)CC2)C1=O. The number of fused-ring (bicyclic) bond motifs is 1. The van der Waals surface area contributed by atoms with E-state index in [0.717, 1.165) is 34.3 Å². The van der Waals surface area contributed by atoms with Gasteiger partial charge in [-0.3, -0.25) is 24.5 Å². The van der Waals surface area contributed by atoms with Crippen LogP contribution in [-0.4, -0.2) is 62.8 Å². The van der Waals surface area contributed by atoms with E-state index in [4.69, 9.17) is 0 Å². The van der Waals surface area contributed by atoms with Gasteiger partial charge in [-0.1, -0.05) is 0 Å². The second kappa shape index (κ2) is 7.42. The Morgan fingerprint density at radius 2 is 2.00 bits per heavy atom. The molecule has 4 rings (SSSR count). The van der Waals surface area contributed by atoms with E-state index >= 15 is 0 Å². The summed E-state index contributed by atoms with van der Waals surface area (Å²) in [5.74, 6) is -0.0101. The molecule has 8 heteroatoms. The minimum absolute atomic E-state index is 0.0260. The van der Waals surface area contributed by atoms with Crippen LogP contribution >= 0.6 is 0 Å². The lowest BCUT2D eigenvalue weighted by Crippen LogP contribution is -2.42. The number of likely N-dealkylation sites (tertiary alicyclic amines) is 1. The first-order valence-corrected chi connectivity index (χ1v) is 9.98. The third-order valence-electron chi connectivity index (χ3n) is 5.77. The van der Waals surface area contributed by atoms with E-state index in [2.05, 4.69) is 15.3 Å². The molecule has 2 fully saturated rings. The summed E-state index contributed by atoms with van der Waals surface area (Å²) in [6.07, 6.45) is 5.47. The summed E-state index contributed by atoms with van der Waals surface area (Å²) >= 11 is 0. The Bertz CT molecular complexity index is 966. The predicted molar refractivity (Wildman–Crippen MR) is 107 cm³/mol. The third kappa shape index (κ3) is 3.79. The van der Waals surface area contributed by atoms with Gasteiger partial charge in [0.15, 0.2) is 0 Å². The number of urea groups is 1. The lowest BCUT2D eigenvalue weighted by atomic mass is 9.92. The Balaban J connectivity index is 1.31. The maximum atomic E-state index is 12.6. The Labute approximate surface area is 169 Å². The number of carbonyl (C=O) groups excluding carboxylic acids is 3. The molecule has 4 amide bonds. The van der Waals surface area contributed by atoms with Gasteiger partial charge in [0.1, 0.15) is 5.54 Å². The Hall–Kier alpha value is -3.03. The molecule has 0 bridgehead atoms. The first-order valence-electron chi connectivity index (χ1n) is 9.98. The zero-order chi connectivity index (χ0) is 20.6. The van der Waals surface area contributed by atoms with Crippen molar-refractivity contribution in [2.45, 2.75) is 44.6 Å². The van der Waals surface area contributed by atoms with Gasteiger partial charge in [0.25, 0.3) is 5.91 Å². The number of amides is 4. The number of imide groups is 1. The van der Waals surface area contributed by atoms with Crippen molar-refractivity contribution < 1.29 is 14.4 Å². The van der Waals surface area contributed by atoms with Gasteiger partial charge in [-0.15, -0.1) is 0 Å². The average molecular weight is 395 g/mol. The molecule has 4 heterocycles. The van der Waals surface area contributed by atoms with E-state index in [-0.39, 0.29) is 24.8 Å². The average Bonchev–Trinajstić information content (AvgIpc) is 2.92. The first kappa shape index (κ1) is 19.3. The van der Waals surface area contributed by atoms with Crippen LogP contribution in [0.25, 0.3) is 10.9 Å². The number of nitrogens with one attached hydrogen (secondary N) is 1. The van der Waals surface area contributed by atoms with Crippen LogP contribution in [-0.2, 0) is 9.59 Å². The third-order valence-corrected chi connectivity index (χ3v) is 5.77. The monoisotopic (exact) mass is 395 g/mol. The van der Waals surface area contributed by atoms with Crippen molar-refractivity contribution in [2.75, 3.05) is 19.6 Å². The van der Waals surface area contributed by atoms with Crippen LogP contribution < -0.4 is 5.32 Å². The summed E-state index contributed by atoms with van der Waals surface area (Å²) in [6.45, 7) is 4.74. The van der Waals surface area contributed by atoms with Gasteiger partial charge < -0.3 is 10.2 Å². The molecule has 2 saturated heterocycles. The van der Waals surface area contributed by atoms with Gasteiger partial charge in [0.05, 0.1) is 5.52 Å². The normalized spacial score (nSPS) is 19.7. The standard InChI is InChI=1S/C21H25N5O3/c1-21(2)19(28)26(20(29)24-21)11-7-18(27)25-9-5-14(6-10-25)16-12-17-15(13-23-16)4-3-8-22-17/h3-4,8,12-14H,5-7,9-11H2,1-2H3,(H,24,29). The fraction of sp³-hybridized carbons (Fsp3) is 0.476. The van der Waals surface area contributed by atoms with Crippen LogP contribution in [0, 0.1) is 0 Å². The molecular formula is C21H25N5O3. The van der Waals surface area contributed by atoms with Crippen molar-refractivity contribution in [1.29, 1.82) is 0 Å². The molecule has 0 spiro atoms. The van der Waals surface area contributed by atoms with Crippen molar-refractivity contribution in [3.63, 3.8) is 0 Å². The van der Waals surface area contributed by atoms with Crippen molar-refractivity contribution >= 4 is 28.7 Å². The van der Waals surface area contributed by atoms with Gasteiger partial charge in [-0.2, -0.15) is 0 Å². The van der Waals surface area contributed by atoms with Crippen molar-refractivity contribution in [2.24, 2.45) is 0 Å². The largest absolute Gasteiger partial charge is 0.343 e. The van der Waals surface area contributed by atoms with Crippen molar-refractivity contribution in [3.8, 4) is 0 Å². The molecule has 0 aromatic carbocycles. The zero-order valence-electron chi connectivity index (χ0n) is 16.7. The highest BCUT2D eigenvalue weighted by atomic mass is 16.2. The predicted octanol–water partition coefficient (Wildman–Crippen LogP) is 2.06. The van der Waals surface area contributed by atoms with E-state index in [9.17, 15) is 14.4 Å². The number of hydrogen-bond acceptors (Lipinski definition) is 5. The number of nitrogens with zero attached hydrogens (tertiary/aromatic N) is 4. The molecule has 2 aliphatic heterocycles. The Kier molecular flexibility index (Phi) is 4.94. The number of carbonyl (C=O) groups is 3. The van der Waals surface area contributed by atoms with E-state index in [1.807, 2.05) is 29.3 Å². The molecule has 152 valence electrons. The molecule has 0 saturated carbocycles. The fourth-order valence-electron chi connectivity index (χ4n) is 4.02. The molecular weight excluding hydrogens is 370 g/mol. The lowest BCUT2D eigenvalue weighted by Gasteiger charge is -2.32. The summed E-state index contributed by atoms with van der Waals surface area (Å²) < 4.78 is 0. The molecule has 2 aliphatic rings. The number of pyridine rings is 2. The van der Waals surface area contributed by atoms with Crippen LogP contribution in [0.2, 0.25) is 0 Å². The molecule has 0 unspecified atom stereocenters. The highest BCUT2D eigenvalue weighted by Gasteiger charge is 2.44. The van der Waals surface area contributed by atoms with Crippen molar-refractivity contribution in [3.05, 3.63) is 36.3 Å². The molecule has 2 aromatic rings. The molecule has 0 aliphatic carbocycles. The molecule has 8 nitrogen and oxygen atoms in total. The van der Waals surface area contributed by atoms with E-state index in [1.165, 1.54) is 0 Å². The molecule has 29 heavy (non-hydrogen) atoms. The van der Waals surface area contributed by atoms with Crippen LogP contribution in [0.3, 0.4) is 0 Å². The van der Waals surface area contributed by atoms with Crippen LogP contribution in [0.5, 0.6) is 0 Å². The van der Waals surface area contributed by atoms with Crippen LogP contribution in [0.1, 0.15) is 44.7 Å². The lowest BCUT2D eigenvalue weighted by molar-refractivity contribution is -0.134. The van der Waals surface area contributed by atoms with Crippen LogP contribution in [0.4, 0.5) is 4.79 Å². The van der Waals surface area contributed by atoms with Crippen LogP contribution in [0.15, 0.2) is 30.6 Å². The second-order valence-electron chi connectivity index (χ2n) is 8.22. The highest BCUT2D eigenvalue weighted by molar-refractivity contribution is 6.06. The van der Waals surface area contributed by atoms with Gasteiger partial charge in [-0.25, -0.2) is 4.79 Å². The Morgan fingerprint density at radius 3 is 2.69 bits per heavy atom. The number of rotatable bonds is 4. The summed E-state index contributed by atoms with van der Waals surface area (Å²) in [5, 5.41) is 3.65. The molecule has 2 aromatic heterocycles. The van der Waals surface area contributed by atoms with Crippen molar-refractivity contribution in [1.82, 2.24) is 25.1 Å². The fourth-order valence-corrected chi connectivity index (χ4v) is 4.02. The molecule has 0 radical (unpaired) electrons. The number of hydrogen-bond donors (Lipinski definition) is 1. The quantitative estimate of drug-likeness (QED) is 0.800. The molecule has 0 atom stereocenters. The van der Waals surface area contributed by atoms with E-state index < -0.39 is 11.6 Å². The van der Waals surface area contributed by atoms with Gasteiger partial charge >= 0.3 is 6.03 Å². The number of aromatic nitrogens is 2. The Morgan fingerprint density at radius 1 is 1.24 bits per heavy atom. The molecule has 1 N–H and O–H groups in total. The van der Waals surface area contributed by atoms with Gasteiger partial charge in [-0.05, 0) is 44.9 Å². The smallest absolute Gasteiger partial charge is 0.325 e. The topological polar surface area (TPSA) is 95.5 Å². The summed E-state index contributed by atoms with van der Waals surface area (Å²) in [4.78, 5) is 48.7. The maximum absolute atomic E-state index is 12.6. The minimum atomic E-state index is -0.903. The number of piperidine rings is 1. The highest BCUT2D eigenvalue weighted by Crippen LogP contribution is 2.28.